The van der Waals surface area contributed by atoms with Gasteiger partial charge in [-0.3, -0.25) is 15.6 Å². The topological polar surface area (TPSA) is 71.6 Å². The molecule has 0 saturated carbocycles. The Labute approximate surface area is 163 Å². The summed E-state index contributed by atoms with van der Waals surface area (Å²) in [5.74, 6) is 0.0145. The molecule has 144 valence electrons. The normalized spacial score (nSPS) is 10.2. The van der Waals surface area contributed by atoms with Crippen LogP contribution in [-0.2, 0) is 17.9 Å². The van der Waals surface area contributed by atoms with E-state index < -0.39 is 0 Å². The molecule has 0 bridgehead atoms. The summed E-state index contributed by atoms with van der Waals surface area (Å²) >= 11 is 5.12. The maximum absolute atomic E-state index is 12.9. The molecular weight excluding hydrogens is 369 g/mol. The summed E-state index contributed by atoms with van der Waals surface area (Å²) in [4.78, 5) is 12.3. The average molecular weight is 391 g/mol. The molecule has 27 heavy (non-hydrogen) atoms. The van der Waals surface area contributed by atoms with E-state index in [1.165, 1.54) is 12.1 Å². The van der Waals surface area contributed by atoms with Crippen LogP contribution in [0.3, 0.4) is 0 Å². The van der Waals surface area contributed by atoms with Gasteiger partial charge in [-0.2, -0.15) is 0 Å². The molecule has 0 heterocycles. The van der Waals surface area contributed by atoms with Crippen LogP contribution in [0.4, 0.5) is 4.39 Å². The van der Waals surface area contributed by atoms with Gasteiger partial charge in [0, 0.05) is 24.3 Å². The molecule has 0 aromatic heterocycles. The third kappa shape index (κ3) is 6.50. The second-order valence-electron chi connectivity index (χ2n) is 5.55. The van der Waals surface area contributed by atoms with Crippen molar-refractivity contribution in [3.05, 3.63) is 65.0 Å². The zero-order valence-electron chi connectivity index (χ0n) is 15.2. The minimum Gasteiger partial charge on any atom is -0.496 e. The van der Waals surface area contributed by atoms with Gasteiger partial charge in [0.1, 0.15) is 11.6 Å². The van der Waals surface area contributed by atoms with Gasteiger partial charge >= 0.3 is 0 Å². The molecular formula is C19H22FN3O3S. The number of rotatable bonds is 7. The fraction of sp³-hybridized carbons (Fsp3) is 0.263. The summed E-state index contributed by atoms with van der Waals surface area (Å²) in [6, 6.07) is 11.1. The highest BCUT2D eigenvalue weighted by Gasteiger charge is 2.10. The number of amides is 1. The number of hydrazine groups is 1. The molecule has 0 fully saturated rings. The van der Waals surface area contributed by atoms with Crippen LogP contribution in [0.15, 0.2) is 42.5 Å². The van der Waals surface area contributed by atoms with E-state index in [2.05, 4.69) is 16.2 Å². The summed E-state index contributed by atoms with van der Waals surface area (Å²) in [7, 11) is 1.57. The lowest BCUT2D eigenvalue weighted by molar-refractivity contribution is 0.0943. The van der Waals surface area contributed by atoms with Gasteiger partial charge in [-0.1, -0.05) is 12.1 Å². The largest absolute Gasteiger partial charge is 0.496 e. The summed E-state index contributed by atoms with van der Waals surface area (Å²) in [5, 5.41) is 3.17. The molecule has 0 atom stereocenters. The first-order chi connectivity index (χ1) is 13.0. The zero-order chi connectivity index (χ0) is 19.6. The molecule has 0 aliphatic heterocycles. The molecule has 0 unspecified atom stereocenters. The number of nitrogens with one attached hydrogen (secondary N) is 3. The lowest BCUT2D eigenvalue weighted by Gasteiger charge is -2.13. The quantitative estimate of drug-likeness (QED) is 0.498. The molecule has 0 spiro atoms. The third-order valence-corrected chi connectivity index (χ3v) is 3.91. The maximum Gasteiger partial charge on any atom is 0.269 e. The number of ether oxygens (including phenoxy) is 2. The molecule has 0 saturated heterocycles. The van der Waals surface area contributed by atoms with Crippen molar-refractivity contribution in [1.82, 2.24) is 16.2 Å². The standard InChI is InChI=1S/C19H22FN3O3S/c1-3-26-12-15-10-14(6-9-17(15)25-2)18(24)22-23-19(27)21-11-13-4-7-16(20)8-5-13/h4-10H,3,11-12H2,1-2H3,(H,22,24)(H2,21,23,27). The van der Waals surface area contributed by atoms with Gasteiger partial charge in [-0.05, 0) is 55.0 Å². The molecule has 1 amide bonds. The fourth-order valence-electron chi connectivity index (χ4n) is 2.26. The van der Waals surface area contributed by atoms with Gasteiger partial charge < -0.3 is 14.8 Å². The number of carbonyl (C=O) groups is 1. The van der Waals surface area contributed by atoms with Crippen molar-refractivity contribution in [2.75, 3.05) is 13.7 Å². The predicted molar refractivity (Wildman–Crippen MR) is 105 cm³/mol. The number of halogens is 1. The van der Waals surface area contributed by atoms with Crippen molar-refractivity contribution in [2.45, 2.75) is 20.1 Å². The van der Waals surface area contributed by atoms with E-state index in [4.69, 9.17) is 21.7 Å². The average Bonchev–Trinajstić information content (AvgIpc) is 2.69. The van der Waals surface area contributed by atoms with Gasteiger partial charge in [0.05, 0.1) is 13.7 Å². The van der Waals surface area contributed by atoms with Crippen LogP contribution in [0.5, 0.6) is 5.75 Å². The van der Waals surface area contributed by atoms with E-state index in [0.29, 0.717) is 31.1 Å². The Hall–Kier alpha value is -2.71. The highest BCUT2D eigenvalue weighted by Crippen LogP contribution is 2.20. The van der Waals surface area contributed by atoms with Crippen LogP contribution in [0.2, 0.25) is 0 Å². The third-order valence-electron chi connectivity index (χ3n) is 3.66. The van der Waals surface area contributed by atoms with Gasteiger partial charge in [-0.15, -0.1) is 0 Å². The summed E-state index contributed by atoms with van der Waals surface area (Å²) in [5.41, 5.74) is 7.26. The van der Waals surface area contributed by atoms with Crippen LogP contribution in [-0.4, -0.2) is 24.7 Å². The second-order valence-corrected chi connectivity index (χ2v) is 5.96. The molecule has 6 nitrogen and oxygen atoms in total. The van der Waals surface area contributed by atoms with Gasteiger partial charge in [0.15, 0.2) is 5.11 Å². The Morgan fingerprint density at radius 3 is 2.56 bits per heavy atom. The van der Waals surface area contributed by atoms with E-state index in [0.717, 1.165) is 11.1 Å². The van der Waals surface area contributed by atoms with Gasteiger partial charge in [0.25, 0.3) is 5.91 Å². The SMILES string of the molecule is CCOCc1cc(C(=O)NNC(=S)NCc2ccc(F)cc2)ccc1OC. The molecule has 2 rings (SSSR count). The lowest BCUT2D eigenvalue weighted by Crippen LogP contribution is -2.46. The molecule has 0 aliphatic carbocycles. The van der Waals surface area contributed by atoms with Gasteiger partial charge in [-0.25, -0.2) is 4.39 Å². The fourth-order valence-corrected chi connectivity index (χ4v) is 2.38. The van der Waals surface area contributed by atoms with Crippen molar-refractivity contribution in [3.63, 3.8) is 0 Å². The number of hydrogen-bond acceptors (Lipinski definition) is 4. The first-order valence-corrected chi connectivity index (χ1v) is 8.77. The first-order valence-electron chi connectivity index (χ1n) is 8.36. The molecule has 2 aromatic rings. The minimum absolute atomic E-state index is 0.246. The monoisotopic (exact) mass is 391 g/mol. The molecule has 2 aromatic carbocycles. The summed E-state index contributed by atoms with van der Waals surface area (Å²) in [6.07, 6.45) is 0. The van der Waals surface area contributed by atoms with E-state index >= 15 is 0 Å². The number of benzene rings is 2. The van der Waals surface area contributed by atoms with Crippen LogP contribution < -0.4 is 20.9 Å². The molecule has 0 radical (unpaired) electrons. The summed E-state index contributed by atoms with van der Waals surface area (Å²) < 4.78 is 23.5. The Kier molecular flexibility index (Phi) is 7.97. The Morgan fingerprint density at radius 1 is 1.15 bits per heavy atom. The maximum atomic E-state index is 12.9. The predicted octanol–water partition coefficient (Wildman–Crippen LogP) is 2.68. The van der Waals surface area contributed by atoms with Crippen LogP contribution in [0, 0.1) is 5.82 Å². The Morgan fingerprint density at radius 2 is 1.89 bits per heavy atom. The number of hydrogen-bond donors (Lipinski definition) is 3. The Bertz CT molecular complexity index is 784. The molecule has 3 N–H and O–H groups in total. The summed E-state index contributed by atoms with van der Waals surface area (Å²) in [6.45, 7) is 3.22. The zero-order valence-corrected chi connectivity index (χ0v) is 16.0. The van der Waals surface area contributed by atoms with Crippen molar-refractivity contribution in [2.24, 2.45) is 0 Å². The lowest BCUT2D eigenvalue weighted by atomic mass is 10.1. The van der Waals surface area contributed by atoms with E-state index in [9.17, 15) is 9.18 Å². The highest BCUT2D eigenvalue weighted by molar-refractivity contribution is 7.80. The Balaban J connectivity index is 1.86. The smallest absolute Gasteiger partial charge is 0.269 e. The van der Waals surface area contributed by atoms with Gasteiger partial charge in [0.2, 0.25) is 0 Å². The van der Waals surface area contributed by atoms with Crippen LogP contribution >= 0.6 is 12.2 Å². The number of methoxy groups -OCH3 is 1. The second kappa shape index (κ2) is 10.4. The number of carbonyl (C=O) groups excluding carboxylic acids is 1. The molecule has 0 aliphatic rings. The van der Waals surface area contributed by atoms with Crippen molar-refractivity contribution in [3.8, 4) is 5.75 Å². The van der Waals surface area contributed by atoms with E-state index in [1.807, 2.05) is 6.92 Å². The molecule has 8 heteroatoms. The number of thiocarbonyl (C=S) groups is 1. The van der Waals surface area contributed by atoms with Crippen molar-refractivity contribution < 1.29 is 18.7 Å². The first kappa shape index (κ1) is 20.6. The van der Waals surface area contributed by atoms with Crippen LogP contribution in [0.25, 0.3) is 0 Å². The minimum atomic E-state index is -0.346. The van der Waals surface area contributed by atoms with E-state index in [-0.39, 0.29) is 16.8 Å². The van der Waals surface area contributed by atoms with Crippen molar-refractivity contribution in [1.29, 1.82) is 0 Å². The highest BCUT2D eigenvalue weighted by atomic mass is 32.1. The van der Waals surface area contributed by atoms with Crippen molar-refractivity contribution >= 4 is 23.2 Å². The van der Waals surface area contributed by atoms with Crippen LogP contribution in [0.1, 0.15) is 28.4 Å². The van der Waals surface area contributed by atoms with E-state index in [1.54, 1.807) is 37.4 Å².